The second kappa shape index (κ2) is 6.61. The number of nitrogens with zero attached hydrogens (tertiary/aromatic N) is 1. The second-order valence-electron chi connectivity index (χ2n) is 5.66. The number of carbonyl (C=O) groups is 1. The number of alkyl halides is 5. The molecule has 1 heterocycles. The van der Waals surface area contributed by atoms with E-state index < -0.39 is 29.3 Å². The first-order chi connectivity index (χ1) is 12.7. The molecule has 0 bridgehead atoms. The molecule has 0 aliphatic carbocycles. The molecule has 0 N–H and O–H groups in total. The highest BCUT2D eigenvalue weighted by atomic mass is 19.4. The number of pyridine rings is 1. The van der Waals surface area contributed by atoms with Crippen molar-refractivity contribution in [1.82, 2.24) is 4.98 Å². The lowest BCUT2D eigenvalue weighted by atomic mass is 9.92. The van der Waals surface area contributed by atoms with Gasteiger partial charge in [-0.05, 0) is 11.6 Å². The van der Waals surface area contributed by atoms with Crippen LogP contribution in [-0.2, 0) is 10.7 Å². The summed E-state index contributed by atoms with van der Waals surface area (Å²) >= 11 is 0. The number of carbonyl (C=O) groups excluding carboxylic acids is 1. The van der Waals surface area contributed by atoms with Crippen LogP contribution < -0.4 is 0 Å². The fourth-order valence-corrected chi connectivity index (χ4v) is 2.78. The van der Waals surface area contributed by atoms with Crippen LogP contribution in [0.2, 0.25) is 0 Å². The van der Waals surface area contributed by atoms with E-state index in [1.54, 1.807) is 24.3 Å². The van der Waals surface area contributed by atoms with E-state index in [-0.39, 0.29) is 22.0 Å². The first kappa shape index (κ1) is 18.8. The number of fused-ring (bicyclic) bond motifs is 1. The van der Waals surface area contributed by atoms with Crippen molar-refractivity contribution in [2.75, 3.05) is 7.11 Å². The average Bonchev–Trinajstić information content (AvgIpc) is 2.65. The van der Waals surface area contributed by atoms with Gasteiger partial charge in [0.05, 0.1) is 18.2 Å². The van der Waals surface area contributed by atoms with Crippen LogP contribution in [0.3, 0.4) is 0 Å². The van der Waals surface area contributed by atoms with Crippen molar-refractivity contribution >= 4 is 16.9 Å². The molecule has 0 amide bonds. The van der Waals surface area contributed by atoms with Gasteiger partial charge in [0.25, 0.3) is 0 Å². The predicted octanol–water partition coefficient (Wildman–Crippen LogP) is 5.34. The van der Waals surface area contributed by atoms with E-state index in [9.17, 15) is 26.7 Å². The SMILES string of the molecule is COC(=O)c1c(C(F)(F)C(F)(F)F)nc2ccccc2c1-c1ccccc1. The van der Waals surface area contributed by atoms with Crippen molar-refractivity contribution < 1.29 is 31.5 Å². The monoisotopic (exact) mass is 381 g/mol. The van der Waals surface area contributed by atoms with Crippen molar-refractivity contribution in [3.05, 3.63) is 65.9 Å². The minimum atomic E-state index is -5.93. The van der Waals surface area contributed by atoms with Crippen molar-refractivity contribution in [2.24, 2.45) is 0 Å². The molecule has 0 saturated carbocycles. The van der Waals surface area contributed by atoms with Gasteiger partial charge in [-0.25, -0.2) is 9.78 Å². The molecule has 0 fully saturated rings. The molecule has 0 spiro atoms. The molecule has 140 valence electrons. The lowest BCUT2D eigenvalue weighted by Crippen LogP contribution is -2.36. The highest BCUT2D eigenvalue weighted by molar-refractivity contribution is 6.08. The number of rotatable bonds is 3. The van der Waals surface area contributed by atoms with Gasteiger partial charge in [-0.15, -0.1) is 0 Å². The van der Waals surface area contributed by atoms with Crippen LogP contribution in [0.25, 0.3) is 22.0 Å². The van der Waals surface area contributed by atoms with E-state index in [1.807, 2.05) is 0 Å². The minimum Gasteiger partial charge on any atom is -0.465 e. The zero-order valence-corrected chi connectivity index (χ0v) is 13.8. The molecule has 2 aromatic carbocycles. The number of benzene rings is 2. The summed E-state index contributed by atoms with van der Waals surface area (Å²) in [7, 11) is 0.905. The van der Waals surface area contributed by atoms with Gasteiger partial charge in [0.2, 0.25) is 0 Å². The highest BCUT2D eigenvalue weighted by Crippen LogP contribution is 2.47. The van der Waals surface area contributed by atoms with Crippen molar-refractivity contribution in [1.29, 1.82) is 0 Å². The van der Waals surface area contributed by atoms with Crippen LogP contribution in [0.1, 0.15) is 16.1 Å². The molecular weight excluding hydrogens is 369 g/mol. The summed E-state index contributed by atoms with van der Waals surface area (Å²) in [5, 5.41) is 0.255. The Labute approximate surface area is 150 Å². The Kier molecular flexibility index (Phi) is 4.59. The summed E-state index contributed by atoms with van der Waals surface area (Å²) in [6.07, 6.45) is -5.93. The van der Waals surface area contributed by atoms with E-state index in [1.165, 1.54) is 30.3 Å². The molecule has 3 nitrogen and oxygen atoms in total. The quantitative estimate of drug-likeness (QED) is 0.454. The van der Waals surface area contributed by atoms with Crippen molar-refractivity contribution in [3.8, 4) is 11.1 Å². The van der Waals surface area contributed by atoms with Gasteiger partial charge in [-0.1, -0.05) is 48.5 Å². The van der Waals surface area contributed by atoms with Crippen molar-refractivity contribution in [3.63, 3.8) is 0 Å². The number of aromatic nitrogens is 1. The number of halogens is 5. The molecule has 0 radical (unpaired) electrons. The minimum absolute atomic E-state index is 0.0908. The fraction of sp³-hybridized carbons (Fsp3) is 0.158. The number of methoxy groups -OCH3 is 1. The van der Waals surface area contributed by atoms with Gasteiger partial charge in [0.15, 0.2) is 0 Å². The molecule has 0 saturated heterocycles. The van der Waals surface area contributed by atoms with Crippen LogP contribution in [0.5, 0.6) is 0 Å². The predicted molar refractivity (Wildman–Crippen MR) is 88.5 cm³/mol. The van der Waals surface area contributed by atoms with E-state index in [4.69, 9.17) is 0 Å². The molecule has 1 aromatic heterocycles. The lowest BCUT2D eigenvalue weighted by Gasteiger charge is -2.23. The van der Waals surface area contributed by atoms with Crippen LogP contribution >= 0.6 is 0 Å². The van der Waals surface area contributed by atoms with Crippen LogP contribution in [-0.4, -0.2) is 24.2 Å². The zero-order valence-electron chi connectivity index (χ0n) is 13.8. The van der Waals surface area contributed by atoms with E-state index in [2.05, 4.69) is 9.72 Å². The highest BCUT2D eigenvalue weighted by Gasteiger charge is 2.61. The summed E-state index contributed by atoms with van der Waals surface area (Å²) in [6, 6.07) is 13.6. The second-order valence-corrected chi connectivity index (χ2v) is 5.66. The molecule has 3 aromatic rings. The molecular formula is C19H12F5NO2. The molecule has 0 atom stereocenters. The molecule has 0 aliphatic heterocycles. The molecule has 0 aliphatic rings. The average molecular weight is 381 g/mol. The maximum atomic E-state index is 14.2. The van der Waals surface area contributed by atoms with Gasteiger partial charge >= 0.3 is 18.1 Å². The van der Waals surface area contributed by atoms with E-state index in [0.717, 1.165) is 7.11 Å². The number of hydrogen-bond donors (Lipinski definition) is 0. The summed E-state index contributed by atoms with van der Waals surface area (Å²) in [6.45, 7) is 0. The standard InChI is InChI=1S/C19H12F5NO2/c1-27-17(26)15-14(11-7-3-2-4-8-11)12-9-5-6-10-13(12)25-16(15)18(20,21)19(22,23)24/h2-10H,1H3. The van der Waals surface area contributed by atoms with Gasteiger partial charge < -0.3 is 4.74 Å². The Bertz CT molecular complexity index is 1000. The Balaban J connectivity index is 2.53. The summed E-state index contributed by atoms with van der Waals surface area (Å²) < 4.78 is 72.2. The third-order valence-corrected chi connectivity index (χ3v) is 4.00. The summed E-state index contributed by atoms with van der Waals surface area (Å²) in [4.78, 5) is 15.8. The van der Waals surface area contributed by atoms with Crippen LogP contribution in [0.4, 0.5) is 22.0 Å². The topological polar surface area (TPSA) is 39.2 Å². The largest absolute Gasteiger partial charge is 0.465 e. The van der Waals surface area contributed by atoms with Gasteiger partial charge in [0, 0.05) is 10.9 Å². The zero-order chi connectivity index (χ0) is 19.8. The maximum Gasteiger partial charge on any atom is 0.459 e. The third-order valence-electron chi connectivity index (χ3n) is 4.00. The van der Waals surface area contributed by atoms with Gasteiger partial charge in [-0.3, -0.25) is 0 Å². The Morgan fingerprint density at radius 1 is 0.926 bits per heavy atom. The molecule has 27 heavy (non-hydrogen) atoms. The Morgan fingerprint density at radius 3 is 2.11 bits per heavy atom. The summed E-state index contributed by atoms with van der Waals surface area (Å²) in [5.74, 6) is -6.67. The fourth-order valence-electron chi connectivity index (χ4n) is 2.78. The number of para-hydroxylation sites is 1. The molecule has 3 rings (SSSR count). The lowest BCUT2D eigenvalue weighted by molar-refractivity contribution is -0.291. The Morgan fingerprint density at radius 2 is 1.52 bits per heavy atom. The van der Waals surface area contributed by atoms with Crippen LogP contribution in [0, 0.1) is 0 Å². The van der Waals surface area contributed by atoms with Gasteiger partial charge in [0.1, 0.15) is 5.69 Å². The van der Waals surface area contributed by atoms with Crippen LogP contribution in [0.15, 0.2) is 54.6 Å². The normalized spacial score (nSPS) is 12.2. The van der Waals surface area contributed by atoms with Crippen molar-refractivity contribution in [2.45, 2.75) is 12.1 Å². The number of ether oxygens (including phenoxy) is 1. The third kappa shape index (κ3) is 3.11. The van der Waals surface area contributed by atoms with E-state index in [0.29, 0.717) is 0 Å². The van der Waals surface area contributed by atoms with E-state index >= 15 is 0 Å². The first-order valence-corrected chi connectivity index (χ1v) is 7.70. The number of hydrogen-bond acceptors (Lipinski definition) is 3. The molecule has 0 unspecified atom stereocenters. The van der Waals surface area contributed by atoms with Gasteiger partial charge in [-0.2, -0.15) is 22.0 Å². The maximum absolute atomic E-state index is 14.2. The molecule has 8 heteroatoms. The Hall–Kier alpha value is -3.03. The first-order valence-electron chi connectivity index (χ1n) is 7.70. The number of esters is 1. The summed E-state index contributed by atoms with van der Waals surface area (Å²) in [5.41, 5.74) is -2.49. The smallest absolute Gasteiger partial charge is 0.459 e.